The number of hydrogen-bond donors (Lipinski definition) is 1. The molecule has 0 saturated carbocycles. The Morgan fingerprint density at radius 3 is 3.06 bits per heavy atom. The van der Waals surface area contributed by atoms with E-state index < -0.39 is 0 Å². The van der Waals surface area contributed by atoms with Crippen LogP contribution in [0.2, 0.25) is 0 Å². The van der Waals surface area contributed by atoms with Crippen molar-refractivity contribution in [1.82, 2.24) is 5.32 Å². The van der Waals surface area contributed by atoms with Crippen molar-refractivity contribution in [3.63, 3.8) is 0 Å². The molecule has 1 atom stereocenters. The summed E-state index contributed by atoms with van der Waals surface area (Å²) in [5, 5.41) is 3.18. The average Bonchev–Trinajstić information content (AvgIpc) is 2.36. The third-order valence-electron chi connectivity index (χ3n) is 3.30. The Hall–Kier alpha value is -0.580. The number of aryl methyl sites for hydroxylation is 1. The fourth-order valence-corrected chi connectivity index (χ4v) is 3.03. The molecule has 18 heavy (non-hydrogen) atoms. The van der Waals surface area contributed by atoms with Crippen LogP contribution in [0, 0.1) is 6.92 Å². The third kappa shape index (κ3) is 3.46. The second-order valence-electron chi connectivity index (χ2n) is 4.79. The van der Waals surface area contributed by atoms with Crippen LogP contribution in [-0.4, -0.2) is 39.4 Å². The van der Waals surface area contributed by atoms with E-state index in [0.29, 0.717) is 6.10 Å². The Labute approximate surface area is 118 Å². The zero-order chi connectivity index (χ0) is 13.0. The van der Waals surface area contributed by atoms with Crippen LogP contribution in [0.3, 0.4) is 0 Å². The zero-order valence-electron chi connectivity index (χ0n) is 11.1. The first-order valence-electron chi connectivity index (χ1n) is 6.48. The van der Waals surface area contributed by atoms with Crippen molar-refractivity contribution in [3.05, 3.63) is 28.2 Å². The molecule has 1 saturated heterocycles. The number of morpholine rings is 1. The summed E-state index contributed by atoms with van der Waals surface area (Å²) in [6.07, 6.45) is 1.40. The standard InChI is InChI=1S/C14H21BrN2O/c1-11-3-4-14(13(15)9-11)17-7-8-18-12(10-17)5-6-16-2/h3-4,9,12,16H,5-8,10H2,1-2H3. The second kappa shape index (κ2) is 6.55. The molecular weight excluding hydrogens is 292 g/mol. The SMILES string of the molecule is CNCCC1CN(c2ccc(C)cc2Br)CCO1. The van der Waals surface area contributed by atoms with Gasteiger partial charge in [0.25, 0.3) is 0 Å². The van der Waals surface area contributed by atoms with Gasteiger partial charge < -0.3 is 15.0 Å². The molecule has 1 aromatic carbocycles. The number of halogens is 1. The predicted molar refractivity (Wildman–Crippen MR) is 79.4 cm³/mol. The van der Waals surface area contributed by atoms with Gasteiger partial charge in [-0.3, -0.25) is 0 Å². The van der Waals surface area contributed by atoms with Gasteiger partial charge in [0, 0.05) is 17.6 Å². The Balaban J connectivity index is 2.03. The first kappa shape index (κ1) is 13.8. The Bertz CT molecular complexity index is 397. The summed E-state index contributed by atoms with van der Waals surface area (Å²) in [6, 6.07) is 6.53. The van der Waals surface area contributed by atoms with Crippen LogP contribution >= 0.6 is 15.9 Å². The number of ether oxygens (including phenoxy) is 1. The molecule has 3 nitrogen and oxygen atoms in total. The molecule has 0 radical (unpaired) electrons. The van der Waals surface area contributed by atoms with Gasteiger partial charge in [0.2, 0.25) is 0 Å². The number of benzene rings is 1. The molecule has 0 aromatic heterocycles. The van der Waals surface area contributed by atoms with E-state index in [-0.39, 0.29) is 0 Å². The monoisotopic (exact) mass is 312 g/mol. The smallest absolute Gasteiger partial charge is 0.0762 e. The highest BCUT2D eigenvalue weighted by Crippen LogP contribution is 2.28. The minimum absolute atomic E-state index is 0.333. The van der Waals surface area contributed by atoms with Crippen LogP contribution in [-0.2, 0) is 4.74 Å². The van der Waals surface area contributed by atoms with E-state index in [0.717, 1.165) is 32.7 Å². The van der Waals surface area contributed by atoms with Gasteiger partial charge >= 0.3 is 0 Å². The summed E-state index contributed by atoms with van der Waals surface area (Å²) in [5.41, 5.74) is 2.56. The van der Waals surface area contributed by atoms with E-state index in [1.54, 1.807) is 0 Å². The van der Waals surface area contributed by atoms with Crippen molar-refractivity contribution in [1.29, 1.82) is 0 Å². The first-order chi connectivity index (χ1) is 8.70. The number of nitrogens with one attached hydrogen (secondary N) is 1. The second-order valence-corrected chi connectivity index (χ2v) is 5.64. The summed E-state index contributed by atoms with van der Waals surface area (Å²) in [5.74, 6) is 0. The lowest BCUT2D eigenvalue weighted by molar-refractivity contribution is 0.0357. The molecule has 1 aliphatic rings. The lowest BCUT2D eigenvalue weighted by Crippen LogP contribution is -2.43. The van der Waals surface area contributed by atoms with E-state index in [1.165, 1.54) is 15.7 Å². The van der Waals surface area contributed by atoms with Crippen molar-refractivity contribution in [2.45, 2.75) is 19.4 Å². The number of nitrogens with zero attached hydrogens (tertiary/aromatic N) is 1. The molecule has 1 fully saturated rings. The van der Waals surface area contributed by atoms with Crippen molar-refractivity contribution in [2.24, 2.45) is 0 Å². The molecule has 1 N–H and O–H groups in total. The lowest BCUT2D eigenvalue weighted by Gasteiger charge is -2.35. The van der Waals surface area contributed by atoms with E-state index in [1.807, 2.05) is 7.05 Å². The van der Waals surface area contributed by atoms with Crippen LogP contribution in [0.15, 0.2) is 22.7 Å². The third-order valence-corrected chi connectivity index (χ3v) is 3.93. The minimum Gasteiger partial charge on any atom is -0.374 e. The molecule has 1 aliphatic heterocycles. The van der Waals surface area contributed by atoms with Crippen molar-refractivity contribution >= 4 is 21.6 Å². The fourth-order valence-electron chi connectivity index (χ4n) is 2.29. The summed E-state index contributed by atoms with van der Waals surface area (Å²) in [6.45, 7) is 5.88. The average molecular weight is 313 g/mol. The van der Waals surface area contributed by atoms with Gasteiger partial charge in [-0.1, -0.05) is 6.07 Å². The Kier molecular flexibility index (Phi) is 5.03. The summed E-state index contributed by atoms with van der Waals surface area (Å²) >= 11 is 3.66. The topological polar surface area (TPSA) is 24.5 Å². The molecule has 4 heteroatoms. The number of anilines is 1. The highest BCUT2D eigenvalue weighted by Gasteiger charge is 2.21. The minimum atomic E-state index is 0.333. The quantitative estimate of drug-likeness (QED) is 0.925. The Morgan fingerprint density at radius 2 is 2.33 bits per heavy atom. The van der Waals surface area contributed by atoms with Gasteiger partial charge in [-0.25, -0.2) is 0 Å². The number of hydrogen-bond acceptors (Lipinski definition) is 3. The summed E-state index contributed by atoms with van der Waals surface area (Å²) in [7, 11) is 1.98. The van der Waals surface area contributed by atoms with Crippen molar-refractivity contribution in [3.8, 4) is 0 Å². The van der Waals surface area contributed by atoms with Gasteiger partial charge in [0.15, 0.2) is 0 Å². The summed E-state index contributed by atoms with van der Waals surface area (Å²) < 4.78 is 6.98. The van der Waals surface area contributed by atoms with E-state index in [2.05, 4.69) is 51.3 Å². The van der Waals surface area contributed by atoms with Crippen LogP contribution < -0.4 is 10.2 Å². The zero-order valence-corrected chi connectivity index (χ0v) is 12.7. The molecule has 0 bridgehead atoms. The van der Waals surface area contributed by atoms with Gasteiger partial charge in [0.05, 0.1) is 18.4 Å². The van der Waals surface area contributed by atoms with E-state index >= 15 is 0 Å². The van der Waals surface area contributed by atoms with Gasteiger partial charge in [0.1, 0.15) is 0 Å². The molecular formula is C14H21BrN2O. The highest BCUT2D eigenvalue weighted by atomic mass is 79.9. The van der Waals surface area contributed by atoms with Crippen molar-refractivity contribution < 1.29 is 4.74 Å². The first-order valence-corrected chi connectivity index (χ1v) is 7.27. The molecule has 2 rings (SSSR count). The number of rotatable bonds is 4. The largest absolute Gasteiger partial charge is 0.374 e. The van der Waals surface area contributed by atoms with Gasteiger partial charge in [-0.2, -0.15) is 0 Å². The Morgan fingerprint density at radius 1 is 1.50 bits per heavy atom. The van der Waals surface area contributed by atoms with Crippen molar-refractivity contribution in [2.75, 3.05) is 38.2 Å². The van der Waals surface area contributed by atoms with E-state index in [9.17, 15) is 0 Å². The molecule has 1 unspecified atom stereocenters. The lowest BCUT2D eigenvalue weighted by atomic mass is 10.1. The molecule has 0 amide bonds. The van der Waals surface area contributed by atoms with Crippen LogP contribution in [0.1, 0.15) is 12.0 Å². The van der Waals surface area contributed by atoms with Crippen LogP contribution in [0.4, 0.5) is 5.69 Å². The van der Waals surface area contributed by atoms with Crippen LogP contribution in [0.25, 0.3) is 0 Å². The highest BCUT2D eigenvalue weighted by molar-refractivity contribution is 9.10. The van der Waals surface area contributed by atoms with Gasteiger partial charge in [-0.15, -0.1) is 0 Å². The maximum atomic E-state index is 5.80. The molecule has 1 aromatic rings. The van der Waals surface area contributed by atoms with Crippen LogP contribution in [0.5, 0.6) is 0 Å². The molecule has 0 aliphatic carbocycles. The predicted octanol–water partition coefficient (Wildman–Crippen LogP) is 2.57. The van der Waals surface area contributed by atoms with E-state index in [4.69, 9.17) is 4.74 Å². The van der Waals surface area contributed by atoms with Gasteiger partial charge in [-0.05, 0) is 60.6 Å². The molecule has 100 valence electrons. The summed E-state index contributed by atoms with van der Waals surface area (Å²) in [4.78, 5) is 2.41. The maximum absolute atomic E-state index is 5.80. The normalized spacial score (nSPS) is 20.2. The fraction of sp³-hybridized carbons (Fsp3) is 0.571. The maximum Gasteiger partial charge on any atom is 0.0762 e. The molecule has 1 heterocycles. The molecule has 0 spiro atoms.